The van der Waals surface area contributed by atoms with Crippen LogP contribution in [0.2, 0.25) is 0 Å². The number of allylic oxidation sites excluding steroid dienone is 12. The van der Waals surface area contributed by atoms with Crippen molar-refractivity contribution in [2.45, 2.75) is 277 Å². The topological polar surface area (TPSA) is 78.9 Å². The third-order valence-electron chi connectivity index (χ3n) is 11.9. The molecule has 380 valence electrons. The second kappa shape index (κ2) is 54.5. The van der Waals surface area contributed by atoms with Gasteiger partial charge in [0.15, 0.2) is 6.10 Å². The summed E-state index contributed by atoms with van der Waals surface area (Å²) >= 11 is 0. The highest BCUT2D eigenvalue weighted by Crippen LogP contribution is 2.16. The largest absolute Gasteiger partial charge is 0.462 e. The molecule has 66 heavy (non-hydrogen) atoms. The van der Waals surface area contributed by atoms with Crippen LogP contribution < -0.4 is 0 Å². The Morgan fingerprint density at radius 3 is 0.985 bits per heavy atom. The minimum atomic E-state index is -0.778. The number of unbranched alkanes of at least 4 members (excludes halogenated alkanes) is 27. The highest BCUT2D eigenvalue weighted by molar-refractivity contribution is 5.71. The van der Waals surface area contributed by atoms with Crippen molar-refractivity contribution in [3.8, 4) is 0 Å². The van der Waals surface area contributed by atoms with Crippen LogP contribution in [0.5, 0.6) is 0 Å². The Balaban J connectivity index is 4.13. The van der Waals surface area contributed by atoms with Crippen LogP contribution in [0.25, 0.3) is 0 Å². The van der Waals surface area contributed by atoms with Crippen molar-refractivity contribution in [3.05, 3.63) is 72.9 Å². The zero-order valence-electron chi connectivity index (χ0n) is 43.4. The molecule has 0 aromatic heterocycles. The van der Waals surface area contributed by atoms with Gasteiger partial charge < -0.3 is 14.2 Å². The first-order valence-electron chi connectivity index (χ1n) is 27.9. The molecular formula is C60H104O6. The van der Waals surface area contributed by atoms with Crippen LogP contribution in [-0.2, 0) is 28.6 Å². The Hall–Kier alpha value is -3.15. The zero-order valence-corrected chi connectivity index (χ0v) is 43.4. The van der Waals surface area contributed by atoms with Gasteiger partial charge >= 0.3 is 17.9 Å². The Morgan fingerprint density at radius 1 is 0.318 bits per heavy atom. The Kier molecular flexibility index (Phi) is 51.9. The standard InChI is InChI=1S/C60H104O6/c1-4-7-10-13-16-19-21-23-24-25-26-27-28-29-30-31-32-33-34-35-36-38-39-41-44-47-50-53-59(62)65-56-57(55-64-58(61)52-49-46-43-18-15-12-9-6-3)66-60(63)54-51-48-45-42-40-37-22-20-17-14-11-8-5-2/h7,10-11,14,16,19-20,22-24,26-27,57H,4-6,8-9,12-13,15,17-18,21,25,28-56H2,1-3H3/b10-7-,14-11-,19-16-,22-20-,24-23-,27-26-. The van der Waals surface area contributed by atoms with Crippen LogP contribution in [0, 0.1) is 0 Å². The van der Waals surface area contributed by atoms with Crippen LogP contribution in [0.3, 0.4) is 0 Å². The van der Waals surface area contributed by atoms with E-state index in [9.17, 15) is 14.4 Å². The van der Waals surface area contributed by atoms with Crippen molar-refractivity contribution in [3.63, 3.8) is 0 Å². The minimum absolute atomic E-state index is 0.0788. The van der Waals surface area contributed by atoms with Crippen LogP contribution >= 0.6 is 0 Å². The Labute approximate surface area is 408 Å². The van der Waals surface area contributed by atoms with Crippen LogP contribution in [-0.4, -0.2) is 37.2 Å². The molecule has 0 aliphatic heterocycles. The molecule has 6 heteroatoms. The van der Waals surface area contributed by atoms with E-state index in [2.05, 4.69) is 93.7 Å². The smallest absolute Gasteiger partial charge is 0.306 e. The Morgan fingerprint density at radius 2 is 0.621 bits per heavy atom. The van der Waals surface area contributed by atoms with E-state index in [1.54, 1.807) is 0 Å². The van der Waals surface area contributed by atoms with Gasteiger partial charge in [-0.15, -0.1) is 0 Å². The summed E-state index contributed by atoms with van der Waals surface area (Å²) in [5.74, 6) is -0.893. The van der Waals surface area contributed by atoms with E-state index in [-0.39, 0.29) is 31.1 Å². The lowest BCUT2D eigenvalue weighted by Gasteiger charge is -2.18. The normalized spacial score (nSPS) is 12.6. The minimum Gasteiger partial charge on any atom is -0.462 e. The van der Waals surface area contributed by atoms with E-state index >= 15 is 0 Å². The van der Waals surface area contributed by atoms with Gasteiger partial charge in [0.2, 0.25) is 0 Å². The molecule has 0 spiro atoms. The lowest BCUT2D eigenvalue weighted by molar-refractivity contribution is -0.167. The summed E-state index contributed by atoms with van der Waals surface area (Å²) in [5, 5.41) is 0. The van der Waals surface area contributed by atoms with Crippen molar-refractivity contribution in [2.24, 2.45) is 0 Å². The predicted molar refractivity (Wildman–Crippen MR) is 284 cm³/mol. The number of hydrogen-bond acceptors (Lipinski definition) is 6. The van der Waals surface area contributed by atoms with Crippen molar-refractivity contribution in [2.75, 3.05) is 13.2 Å². The van der Waals surface area contributed by atoms with Crippen molar-refractivity contribution in [1.82, 2.24) is 0 Å². The lowest BCUT2D eigenvalue weighted by atomic mass is 10.0. The van der Waals surface area contributed by atoms with Crippen molar-refractivity contribution < 1.29 is 28.6 Å². The third kappa shape index (κ3) is 51.8. The van der Waals surface area contributed by atoms with Crippen molar-refractivity contribution >= 4 is 17.9 Å². The third-order valence-corrected chi connectivity index (χ3v) is 11.9. The van der Waals surface area contributed by atoms with Gasteiger partial charge in [-0.2, -0.15) is 0 Å². The van der Waals surface area contributed by atoms with E-state index < -0.39 is 6.10 Å². The molecule has 6 nitrogen and oxygen atoms in total. The van der Waals surface area contributed by atoms with Gasteiger partial charge in [-0.1, -0.05) is 241 Å². The molecule has 0 amide bonds. The summed E-state index contributed by atoms with van der Waals surface area (Å²) in [5.41, 5.74) is 0. The molecule has 0 aliphatic carbocycles. The fourth-order valence-electron chi connectivity index (χ4n) is 7.77. The van der Waals surface area contributed by atoms with Crippen LogP contribution in [0.4, 0.5) is 0 Å². The molecule has 0 bridgehead atoms. The molecule has 0 saturated heterocycles. The van der Waals surface area contributed by atoms with Gasteiger partial charge in [0.1, 0.15) is 13.2 Å². The Bertz CT molecular complexity index is 1240. The molecule has 0 aromatic rings. The van der Waals surface area contributed by atoms with E-state index in [1.807, 2.05) is 0 Å². The van der Waals surface area contributed by atoms with Gasteiger partial charge in [-0.25, -0.2) is 0 Å². The molecular weight excluding hydrogens is 817 g/mol. The van der Waals surface area contributed by atoms with Gasteiger partial charge in [-0.3, -0.25) is 14.4 Å². The second-order valence-corrected chi connectivity index (χ2v) is 18.5. The van der Waals surface area contributed by atoms with Gasteiger partial charge in [0, 0.05) is 19.3 Å². The second-order valence-electron chi connectivity index (χ2n) is 18.5. The summed E-state index contributed by atoms with van der Waals surface area (Å²) < 4.78 is 16.8. The molecule has 0 fully saturated rings. The first-order chi connectivity index (χ1) is 32.5. The van der Waals surface area contributed by atoms with Crippen LogP contribution in [0.15, 0.2) is 72.9 Å². The maximum atomic E-state index is 12.8. The molecule has 1 atom stereocenters. The first-order valence-corrected chi connectivity index (χ1v) is 27.9. The summed E-state index contributed by atoms with van der Waals surface area (Å²) in [6.45, 7) is 6.43. The summed E-state index contributed by atoms with van der Waals surface area (Å²) in [4.78, 5) is 37.9. The monoisotopic (exact) mass is 921 g/mol. The summed E-state index contributed by atoms with van der Waals surface area (Å²) in [6, 6.07) is 0. The van der Waals surface area contributed by atoms with E-state index in [0.29, 0.717) is 19.3 Å². The summed E-state index contributed by atoms with van der Waals surface area (Å²) in [6.07, 6.45) is 69.1. The van der Waals surface area contributed by atoms with Crippen LogP contribution in [0.1, 0.15) is 271 Å². The average Bonchev–Trinajstić information content (AvgIpc) is 3.31. The molecule has 0 aliphatic rings. The lowest BCUT2D eigenvalue weighted by Crippen LogP contribution is -2.30. The zero-order chi connectivity index (χ0) is 47.9. The fourth-order valence-corrected chi connectivity index (χ4v) is 7.77. The molecule has 0 aromatic carbocycles. The fraction of sp³-hybridized carbons (Fsp3) is 0.750. The molecule has 1 unspecified atom stereocenters. The highest BCUT2D eigenvalue weighted by atomic mass is 16.6. The maximum Gasteiger partial charge on any atom is 0.306 e. The number of ether oxygens (including phenoxy) is 3. The van der Waals surface area contributed by atoms with Gasteiger partial charge in [0.05, 0.1) is 0 Å². The predicted octanol–water partition coefficient (Wildman–Crippen LogP) is 18.6. The molecule has 0 saturated carbocycles. The van der Waals surface area contributed by atoms with Gasteiger partial charge in [-0.05, 0) is 83.5 Å². The first kappa shape index (κ1) is 62.8. The quantitative estimate of drug-likeness (QED) is 0.0262. The SMILES string of the molecule is CC/C=C\C/C=C\C/C=C\C/C=C\CCCCCCCCCCCCCCCCC(=O)OCC(COC(=O)CCCCCCCCCC)OC(=O)CCCCCCC/C=C\C/C=C\CCC. The number of rotatable bonds is 50. The van der Waals surface area contributed by atoms with E-state index in [0.717, 1.165) is 116 Å². The number of esters is 3. The number of carbonyl (C=O) groups is 3. The van der Waals surface area contributed by atoms with Crippen molar-refractivity contribution in [1.29, 1.82) is 0 Å². The molecule has 0 radical (unpaired) electrons. The number of carbonyl (C=O) groups excluding carboxylic acids is 3. The number of hydrogen-bond donors (Lipinski definition) is 0. The van der Waals surface area contributed by atoms with E-state index in [1.165, 1.54) is 116 Å². The average molecular weight is 921 g/mol. The summed E-state index contributed by atoms with van der Waals surface area (Å²) in [7, 11) is 0. The molecule has 0 heterocycles. The molecule has 0 rings (SSSR count). The van der Waals surface area contributed by atoms with Gasteiger partial charge in [0.25, 0.3) is 0 Å². The maximum absolute atomic E-state index is 12.8. The molecule has 0 N–H and O–H groups in total. The van der Waals surface area contributed by atoms with E-state index in [4.69, 9.17) is 14.2 Å². The highest BCUT2D eigenvalue weighted by Gasteiger charge is 2.19.